The van der Waals surface area contributed by atoms with Crippen molar-refractivity contribution in [1.29, 1.82) is 0 Å². The third-order valence-corrected chi connectivity index (χ3v) is 15.7. The van der Waals surface area contributed by atoms with Crippen LogP contribution in [0.1, 0.15) is 0 Å². The monoisotopic (exact) mass is 1100 g/mol. The molecule has 0 spiro atoms. The normalized spacial score (nSPS) is 11.5. The molecule has 5 heterocycles. The van der Waals surface area contributed by atoms with E-state index in [1.54, 1.807) is 0 Å². The van der Waals surface area contributed by atoms with Crippen molar-refractivity contribution in [2.24, 2.45) is 0 Å². The Kier molecular flexibility index (Phi) is 12.2. The summed E-state index contributed by atoms with van der Waals surface area (Å²) in [4.78, 5) is 50.7. The van der Waals surface area contributed by atoms with Gasteiger partial charge in [-0.05, 0) is 60.2 Å². The highest BCUT2D eigenvalue weighted by Gasteiger charge is 2.24. The van der Waals surface area contributed by atoms with Gasteiger partial charge in [0.1, 0.15) is 0 Å². The predicted octanol–water partition coefficient (Wildman–Crippen LogP) is 17.6. The highest BCUT2D eigenvalue weighted by Crippen LogP contribution is 2.43. The molecule has 1 N–H and O–H groups in total. The highest BCUT2D eigenvalue weighted by atomic mass is 15.1. The molecule has 0 aliphatic rings. The summed E-state index contributed by atoms with van der Waals surface area (Å²) in [6.45, 7) is 0. The van der Waals surface area contributed by atoms with E-state index in [4.69, 9.17) is 44.9 Å². The average Bonchev–Trinajstić information content (AvgIpc) is 2.66. The number of nitrogens with one attached hydrogen (secondary N) is 1. The van der Waals surface area contributed by atoms with E-state index in [0.717, 1.165) is 110 Å². The van der Waals surface area contributed by atoms with Crippen molar-refractivity contribution in [3.8, 4) is 119 Å². The van der Waals surface area contributed by atoms with Gasteiger partial charge >= 0.3 is 0 Å². The Hall–Kier alpha value is -12.0. The molecule has 0 bridgehead atoms. The van der Waals surface area contributed by atoms with Gasteiger partial charge in [-0.2, -0.15) is 0 Å². The molecule has 86 heavy (non-hydrogen) atoms. The number of benzene rings is 11. The lowest BCUT2D eigenvalue weighted by molar-refractivity contribution is 1.06. The fraction of sp³-hybridized carbons (Fsp3) is 0. The lowest BCUT2D eigenvalue weighted by atomic mass is 9.98. The number of aromatic nitrogens is 11. The Morgan fingerprint density at radius 1 is 0.221 bits per heavy atom. The largest absolute Gasteiger partial charge is 0.354 e. The van der Waals surface area contributed by atoms with Gasteiger partial charge < -0.3 is 9.55 Å². The topological polar surface area (TPSA) is 137 Å². The van der Waals surface area contributed by atoms with E-state index in [1.165, 1.54) is 0 Å². The number of para-hydroxylation sites is 2. The summed E-state index contributed by atoms with van der Waals surface area (Å²) in [6.07, 6.45) is 0. The van der Waals surface area contributed by atoms with Crippen LogP contribution in [0.2, 0.25) is 0 Å². The van der Waals surface area contributed by atoms with Crippen LogP contribution in [0.15, 0.2) is 279 Å². The van der Waals surface area contributed by atoms with Crippen molar-refractivity contribution >= 4 is 43.6 Å². The molecule has 0 aliphatic carbocycles. The number of fused-ring (bicyclic) bond motifs is 6. The molecule has 11 nitrogen and oxygen atoms in total. The molecule has 0 saturated carbocycles. The predicted molar refractivity (Wildman–Crippen MR) is 345 cm³/mol. The van der Waals surface area contributed by atoms with Crippen molar-refractivity contribution < 1.29 is 0 Å². The molecule has 0 saturated heterocycles. The van der Waals surface area contributed by atoms with Crippen LogP contribution in [0.4, 0.5) is 0 Å². The minimum Gasteiger partial charge on any atom is -0.354 e. The van der Waals surface area contributed by atoms with E-state index < -0.39 is 0 Å². The molecule has 16 aromatic rings. The summed E-state index contributed by atoms with van der Waals surface area (Å²) in [5.74, 6) is 5.02. The van der Waals surface area contributed by atoms with Crippen LogP contribution < -0.4 is 0 Å². The Morgan fingerprint density at radius 3 is 0.965 bits per heavy atom. The zero-order valence-corrected chi connectivity index (χ0v) is 46.0. The van der Waals surface area contributed by atoms with Gasteiger partial charge in [0.2, 0.25) is 0 Å². The summed E-state index contributed by atoms with van der Waals surface area (Å²) < 4.78 is 2.32. The van der Waals surface area contributed by atoms with E-state index in [-0.39, 0.29) is 0 Å². The van der Waals surface area contributed by atoms with Gasteiger partial charge in [0.25, 0.3) is 0 Å². The molecule has 0 atom stereocenters. The van der Waals surface area contributed by atoms with E-state index >= 15 is 0 Å². The van der Waals surface area contributed by atoms with Gasteiger partial charge in [0, 0.05) is 82.7 Å². The number of H-pyrrole nitrogens is 1. The van der Waals surface area contributed by atoms with Gasteiger partial charge in [-0.25, -0.2) is 44.9 Å². The van der Waals surface area contributed by atoms with Crippen molar-refractivity contribution in [3.63, 3.8) is 0 Å². The van der Waals surface area contributed by atoms with Crippen molar-refractivity contribution in [3.05, 3.63) is 279 Å². The molecule has 11 heteroatoms. The maximum atomic E-state index is 5.41. The fourth-order valence-electron chi connectivity index (χ4n) is 11.6. The van der Waals surface area contributed by atoms with E-state index in [1.807, 2.05) is 182 Å². The van der Waals surface area contributed by atoms with Crippen LogP contribution in [-0.2, 0) is 0 Å². The Labute approximate surface area is 493 Å². The maximum absolute atomic E-state index is 5.41. The molecular weight excluding hydrogens is 1050 g/mol. The quantitative estimate of drug-likeness (QED) is 0.134. The molecule has 16 rings (SSSR count). The first-order valence-electron chi connectivity index (χ1n) is 28.4. The second-order valence-electron chi connectivity index (χ2n) is 21.0. The summed E-state index contributed by atoms with van der Waals surface area (Å²) >= 11 is 0. The first-order valence-corrected chi connectivity index (χ1v) is 28.4. The average molecular weight is 1100 g/mol. The highest BCUT2D eigenvalue weighted by molar-refractivity contribution is 6.13. The standard InChI is InChI=1S/C75H47N11/c1-7-22-47(23-8-1)67-77-68(48-24-9-2-10-25-48)81-73(80-67)54-39-42-63-59(45-54)60-46-55(74-82-69(49-26-11-3-12-27-49)78-70(83-74)50-28-13-4-14-29-50)40-43-64(60)86(63)65-41-38-53(56-35-21-36-58-57-34-19-20-37-62(57)76-66(56)58)44-61(65)75-84-71(51-30-15-5-16-31-51)79-72(85-75)52-32-17-6-18-33-52/h1-46,76H. The Balaban J connectivity index is 0.973. The van der Waals surface area contributed by atoms with Crippen LogP contribution in [-0.4, -0.2) is 54.4 Å². The van der Waals surface area contributed by atoms with E-state index in [9.17, 15) is 0 Å². The van der Waals surface area contributed by atoms with Gasteiger partial charge in [-0.15, -0.1) is 0 Å². The summed E-state index contributed by atoms with van der Waals surface area (Å²) in [5, 5.41) is 4.21. The third kappa shape index (κ3) is 9.09. The zero-order valence-electron chi connectivity index (χ0n) is 46.0. The Morgan fingerprint density at radius 2 is 0.558 bits per heavy atom. The van der Waals surface area contributed by atoms with Crippen LogP contribution >= 0.6 is 0 Å². The van der Waals surface area contributed by atoms with E-state index in [2.05, 4.69) is 107 Å². The zero-order chi connectivity index (χ0) is 56.9. The Bertz CT molecular complexity index is 4850. The van der Waals surface area contributed by atoms with Crippen LogP contribution in [0.3, 0.4) is 0 Å². The third-order valence-electron chi connectivity index (χ3n) is 15.7. The second kappa shape index (κ2) is 21.1. The molecule has 0 amide bonds. The lowest BCUT2D eigenvalue weighted by Crippen LogP contribution is -2.04. The minimum absolute atomic E-state index is 0.515. The van der Waals surface area contributed by atoms with Crippen LogP contribution in [0.5, 0.6) is 0 Å². The van der Waals surface area contributed by atoms with Crippen LogP contribution in [0.25, 0.3) is 163 Å². The van der Waals surface area contributed by atoms with Gasteiger partial charge in [-0.1, -0.05) is 224 Å². The van der Waals surface area contributed by atoms with Crippen molar-refractivity contribution in [1.82, 2.24) is 54.4 Å². The molecule has 0 unspecified atom stereocenters. The van der Waals surface area contributed by atoms with E-state index in [0.29, 0.717) is 52.4 Å². The SMILES string of the molecule is c1ccc(-c2nc(-c3ccccc3)nc(-c3ccc4c(c3)c3cc(-c5nc(-c6ccccc6)nc(-c6ccccc6)n5)ccc3n4-c3ccc(-c4cccc5c4[nH]c4ccccc45)cc3-c3nc(-c4ccccc4)nc(-c4ccccc4)n3)n2)cc1. The van der Waals surface area contributed by atoms with Gasteiger partial charge in [-0.3, -0.25) is 0 Å². The summed E-state index contributed by atoms with van der Waals surface area (Å²) in [7, 11) is 0. The molecule has 0 radical (unpaired) electrons. The smallest absolute Gasteiger partial charge is 0.166 e. The lowest BCUT2D eigenvalue weighted by Gasteiger charge is -2.17. The second-order valence-corrected chi connectivity index (χ2v) is 21.0. The maximum Gasteiger partial charge on any atom is 0.166 e. The summed E-state index contributed by atoms with van der Waals surface area (Å²) in [5.41, 5.74) is 14.6. The molecular formula is C75H47N11. The van der Waals surface area contributed by atoms with Crippen molar-refractivity contribution in [2.75, 3.05) is 0 Å². The molecule has 11 aromatic carbocycles. The fourth-order valence-corrected chi connectivity index (χ4v) is 11.6. The number of hydrogen-bond donors (Lipinski definition) is 1. The summed E-state index contributed by atoms with van der Waals surface area (Å²) in [6, 6.07) is 95.0. The molecule has 402 valence electrons. The number of aromatic amines is 1. The van der Waals surface area contributed by atoms with Gasteiger partial charge in [0.05, 0.1) is 22.2 Å². The first kappa shape index (κ1) is 49.8. The number of hydrogen-bond acceptors (Lipinski definition) is 9. The van der Waals surface area contributed by atoms with Crippen molar-refractivity contribution in [2.45, 2.75) is 0 Å². The molecule has 5 aromatic heterocycles. The molecule has 0 fully saturated rings. The first-order chi connectivity index (χ1) is 42.6. The minimum atomic E-state index is 0.515. The van der Waals surface area contributed by atoms with Crippen LogP contribution in [0, 0.1) is 0 Å². The number of nitrogens with zero attached hydrogens (tertiary/aromatic N) is 10. The van der Waals surface area contributed by atoms with Gasteiger partial charge in [0.15, 0.2) is 52.4 Å². The molecule has 0 aliphatic heterocycles. The number of rotatable bonds is 11.